The molecule has 5 rings (SSSR count). The fourth-order valence-corrected chi connectivity index (χ4v) is 6.07. The van der Waals surface area contributed by atoms with Gasteiger partial charge in [0.2, 0.25) is 5.95 Å². The summed E-state index contributed by atoms with van der Waals surface area (Å²) < 4.78 is 20.0. The van der Waals surface area contributed by atoms with Crippen LogP contribution in [0.1, 0.15) is 56.4 Å². The Hall–Kier alpha value is -3.07. The molecule has 3 heterocycles. The van der Waals surface area contributed by atoms with Crippen molar-refractivity contribution in [1.82, 2.24) is 19.9 Å². The maximum absolute atomic E-state index is 14.8. The van der Waals surface area contributed by atoms with Crippen molar-refractivity contribution in [2.45, 2.75) is 57.4 Å². The average Bonchev–Trinajstić information content (AvgIpc) is 3.55. The number of carbonyl (C=O) groups is 1. The number of aromatic nitrogens is 3. The second-order valence-corrected chi connectivity index (χ2v) is 10.1. The van der Waals surface area contributed by atoms with Gasteiger partial charge < -0.3 is 15.0 Å². The van der Waals surface area contributed by atoms with Crippen molar-refractivity contribution in [3.05, 3.63) is 47.4 Å². The highest BCUT2D eigenvalue weighted by molar-refractivity contribution is 7.15. The van der Waals surface area contributed by atoms with Crippen molar-refractivity contribution < 1.29 is 13.9 Å². The number of rotatable bonds is 6. The van der Waals surface area contributed by atoms with Gasteiger partial charge in [-0.1, -0.05) is 25.0 Å². The molecule has 2 aromatic heterocycles. The highest BCUT2D eigenvalue weighted by Gasteiger charge is 2.29. The molecule has 184 valence electrons. The highest BCUT2D eigenvalue weighted by Crippen LogP contribution is 2.42. The lowest BCUT2D eigenvalue weighted by atomic mass is 9.98. The van der Waals surface area contributed by atoms with Crippen LogP contribution in [0.25, 0.3) is 21.8 Å². The van der Waals surface area contributed by atoms with Crippen LogP contribution in [-0.4, -0.2) is 51.7 Å². The first-order chi connectivity index (χ1) is 17.1. The van der Waals surface area contributed by atoms with E-state index in [0.29, 0.717) is 42.9 Å². The van der Waals surface area contributed by atoms with E-state index < -0.39 is 0 Å². The molecule has 0 spiro atoms. The van der Waals surface area contributed by atoms with Crippen LogP contribution in [-0.2, 0) is 4.74 Å². The highest BCUT2D eigenvalue weighted by atomic mass is 32.1. The van der Waals surface area contributed by atoms with Gasteiger partial charge in [-0.3, -0.25) is 0 Å². The van der Waals surface area contributed by atoms with E-state index in [1.54, 1.807) is 34.6 Å². The number of ether oxygens (including phenoxy) is 1. The van der Waals surface area contributed by atoms with Crippen molar-refractivity contribution >= 4 is 23.4 Å². The molecule has 1 saturated heterocycles. The molecule has 7 nitrogen and oxygen atoms in total. The lowest BCUT2D eigenvalue weighted by Crippen LogP contribution is -2.38. The van der Waals surface area contributed by atoms with Gasteiger partial charge in [-0.25, -0.2) is 24.1 Å². The van der Waals surface area contributed by atoms with Crippen LogP contribution in [0.5, 0.6) is 0 Å². The lowest BCUT2D eigenvalue weighted by molar-refractivity contribution is 0.0970. The van der Waals surface area contributed by atoms with E-state index in [9.17, 15) is 9.18 Å². The van der Waals surface area contributed by atoms with E-state index in [4.69, 9.17) is 14.7 Å². The number of thiazole rings is 1. The summed E-state index contributed by atoms with van der Waals surface area (Å²) in [6.07, 6.45) is 7.78. The number of hydrogen-bond acceptors (Lipinski definition) is 7. The summed E-state index contributed by atoms with van der Waals surface area (Å²) in [6.45, 7) is 3.43. The van der Waals surface area contributed by atoms with Crippen molar-refractivity contribution in [2.24, 2.45) is 0 Å². The third-order valence-electron chi connectivity index (χ3n) is 6.72. The SMILES string of the molecule is CCOC(=O)N1CCC(c2nc(-c3ccccc3F)c(-c3ccnc(NC4CCCC4)n3)s2)CC1. The van der Waals surface area contributed by atoms with E-state index in [-0.39, 0.29) is 17.8 Å². The van der Waals surface area contributed by atoms with Crippen molar-refractivity contribution in [3.63, 3.8) is 0 Å². The summed E-state index contributed by atoms with van der Waals surface area (Å²) in [5, 5.41) is 4.41. The normalized spacial score (nSPS) is 17.0. The number of piperidine rings is 1. The molecule has 3 aromatic rings. The Bertz CT molecular complexity index is 1170. The molecule has 1 saturated carbocycles. The van der Waals surface area contributed by atoms with Gasteiger partial charge in [0.25, 0.3) is 0 Å². The van der Waals surface area contributed by atoms with Crippen LogP contribution >= 0.6 is 11.3 Å². The Morgan fingerprint density at radius 2 is 1.91 bits per heavy atom. The number of hydrogen-bond donors (Lipinski definition) is 1. The van der Waals surface area contributed by atoms with Crippen LogP contribution in [0.15, 0.2) is 36.5 Å². The number of amides is 1. The Morgan fingerprint density at radius 1 is 1.14 bits per heavy atom. The molecule has 1 amide bonds. The van der Waals surface area contributed by atoms with Crippen LogP contribution in [0.2, 0.25) is 0 Å². The molecule has 35 heavy (non-hydrogen) atoms. The Kier molecular flexibility index (Phi) is 7.22. The average molecular weight is 496 g/mol. The largest absolute Gasteiger partial charge is 0.450 e. The number of nitrogens with one attached hydrogen (secondary N) is 1. The van der Waals surface area contributed by atoms with Gasteiger partial charge >= 0.3 is 6.09 Å². The maximum Gasteiger partial charge on any atom is 0.409 e. The summed E-state index contributed by atoms with van der Waals surface area (Å²) in [4.78, 5) is 28.8. The Morgan fingerprint density at radius 3 is 2.66 bits per heavy atom. The molecule has 1 aliphatic heterocycles. The van der Waals surface area contributed by atoms with Gasteiger partial charge in [0, 0.05) is 36.8 Å². The zero-order valence-electron chi connectivity index (χ0n) is 19.9. The molecule has 9 heteroatoms. The second-order valence-electron chi connectivity index (χ2n) is 9.06. The molecule has 2 aliphatic rings. The van der Waals surface area contributed by atoms with Crippen molar-refractivity contribution in [2.75, 3.05) is 25.0 Å². The number of nitrogens with zero attached hydrogens (tertiary/aromatic N) is 4. The second kappa shape index (κ2) is 10.7. The predicted octanol–water partition coefficient (Wildman–Crippen LogP) is 6.10. The molecule has 0 bridgehead atoms. The lowest BCUT2D eigenvalue weighted by Gasteiger charge is -2.30. The van der Waals surface area contributed by atoms with Crippen LogP contribution in [0, 0.1) is 5.82 Å². The van der Waals surface area contributed by atoms with E-state index in [2.05, 4.69) is 10.3 Å². The van der Waals surface area contributed by atoms with Gasteiger partial charge in [0.1, 0.15) is 5.82 Å². The van der Waals surface area contributed by atoms with Crippen molar-refractivity contribution in [3.8, 4) is 21.8 Å². The fraction of sp³-hybridized carbons (Fsp3) is 0.462. The smallest absolute Gasteiger partial charge is 0.409 e. The van der Waals surface area contributed by atoms with Crippen LogP contribution < -0.4 is 5.32 Å². The molecule has 1 aliphatic carbocycles. The van der Waals surface area contributed by atoms with Gasteiger partial charge in [-0.05, 0) is 50.8 Å². The first-order valence-corrected chi connectivity index (χ1v) is 13.2. The Labute approximate surface area is 208 Å². The third-order valence-corrected chi connectivity index (χ3v) is 7.96. The Balaban J connectivity index is 1.45. The van der Waals surface area contributed by atoms with E-state index in [1.807, 2.05) is 19.1 Å². The molecule has 1 aromatic carbocycles. The third kappa shape index (κ3) is 5.29. The molecular weight excluding hydrogens is 465 g/mol. The summed E-state index contributed by atoms with van der Waals surface area (Å²) in [5.74, 6) is 0.496. The summed E-state index contributed by atoms with van der Waals surface area (Å²) in [6, 6.07) is 9.00. The molecule has 2 fully saturated rings. The minimum atomic E-state index is -0.305. The van der Waals surface area contributed by atoms with Crippen LogP contribution in [0.4, 0.5) is 15.1 Å². The summed E-state index contributed by atoms with van der Waals surface area (Å²) in [5.41, 5.74) is 1.82. The minimum absolute atomic E-state index is 0.197. The number of anilines is 1. The minimum Gasteiger partial charge on any atom is -0.450 e. The zero-order valence-corrected chi connectivity index (χ0v) is 20.7. The summed E-state index contributed by atoms with van der Waals surface area (Å²) >= 11 is 1.56. The van der Waals surface area contributed by atoms with Gasteiger partial charge in [-0.2, -0.15) is 0 Å². The van der Waals surface area contributed by atoms with E-state index >= 15 is 0 Å². The topological polar surface area (TPSA) is 80.2 Å². The van der Waals surface area contributed by atoms with Gasteiger partial charge in [-0.15, -0.1) is 11.3 Å². The first-order valence-electron chi connectivity index (χ1n) is 12.4. The number of halogens is 1. The predicted molar refractivity (Wildman–Crippen MR) is 135 cm³/mol. The fourth-order valence-electron chi connectivity index (χ4n) is 4.85. The zero-order chi connectivity index (χ0) is 24.2. The first kappa shape index (κ1) is 23.7. The van der Waals surface area contributed by atoms with E-state index in [1.165, 1.54) is 18.9 Å². The maximum atomic E-state index is 14.8. The standard InChI is InChI=1S/C26H30FN5O2S/c1-2-34-26(33)32-15-12-17(13-16-32)24-31-22(19-9-5-6-10-20(19)27)23(35-24)21-11-14-28-25(30-21)29-18-7-3-4-8-18/h5-6,9-11,14,17-18H,2-4,7-8,12-13,15-16H2,1H3,(H,28,29,30). The summed E-state index contributed by atoms with van der Waals surface area (Å²) in [7, 11) is 0. The number of carbonyl (C=O) groups excluding carboxylic acids is 1. The number of likely N-dealkylation sites (tertiary alicyclic amines) is 1. The number of benzene rings is 1. The molecule has 0 unspecified atom stereocenters. The van der Waals surface area contributed by atoms with E-state index in [0.717, 1.165) is 41.3 Å². The monoisotopic (exact) mass is 495 g/mol. The van der Waals surface area contributed by atoms with Gasteiger partial charge in [0.15, 0.2) is 0 Å². The van der Waals surface area contributed by atoms with Gasteiger partial charge in [0.05, 0.1) is 27.9 Å². The molecule has 0 radical (unpaired) electrons. The molecular formula is C26H30FN5O2S. The molecule has 0 atom stereocenters. The quantitative estimate of drug-likeness (QED) is 0.445. The van der Waals surface area contributed by atoms with Crippen LogP contribution in [0.3, 0.4) is 0 Å². The van der Waals surface area contributed by atoms with Crippen molar-refractivity contribution in [1.29, 1.82) is 0 Å². The molecule has 1 N–H and O–H groups in total.